The van der Waals surface area contributed by atoms with E-state index in [1.165, 1.54) is 12.1 Å². The summed E-state index contributed by atoms with van der Waals surface area (Å²) in [5, 5.41) is 3.28. The molecule has 3 unspecified atom stereocenters. The van der Waals surface area contributed by atoms with Crippen molar-refractivity contribution in [3.63, 3.8) is 0 Å². The standard InChI is InChI=1S/C13H18FNO2S/c1-2-15-12-7-8-17-9-13(12)18(16)11-5-3-10(14)4-6-11/h3-6,12-13,15H,2,7-9H2,1H3. The second-order valence-electron chi connectivity index (χ2n) is 4.32. The van der Waals surface area contributed by atoms with Crippen molar-refractivity contribution in [1.82, 2.24) is 5.32 Å². The van der Waals surface area contributed by atoms with Gasteiger partial charge in [0.1, 0.15) is 5.82 Å². The Kier molecular flexibility index (Phi) is 4.86. The summed E-state index contributed by atoms with van der Waals surface area (Å²) in [7, 11) is -1.16. The molecule has 1 aromatic rings. The van der Waals surface area contributed by atoms with Crippen LogP contribution in [0, 0.1) is 5.82 Å². The Hall–Kier alpha value is -0.780. The topological polar surface area (TPSA) is 38.3 Å². The van der Waals surface area contributed by atoms with Gasteiger partial charge in [0.25, 0.3) is 0 Å². The summed E-state index contributed by atoms with van der Waals surface area (Å²) < 4.78 is 30.7. The third-order valence-corrected chi connectivity index (χ3v) is 4.84. The molecule has 1 saturated heterocycles. The van der Waals surface area contributed by atoms with Crippen LogP contribution in [0.5, 0.6) is 0 Å². The van der Waals surface area contributed by atoms with E-state index in [2.05, 4.69) is 5.32 Å². The van der Waals surface area contributed by atoms with Gasteiger partial charge in [0.2, 0.25) is 0 Å². The summed E-state index contributed by atoms with van der Waals surface area (Å²) in [4.78, 5) is 0.662. The lowest BCUT2D eigenvalue weighted by Crippen LogP contribution is -2.48. The molecule has 1 heterocycles. The molecule has 5 heteroatoms. The van der Waals surface area contributed by atoms with Crippen LogP contribution in [0.1, 0.15) is 13.3 Å². The van der Waals surface area contributed by atoms with Crippen LogP contribution in [-0.2, 0) is 15.5 Å². The van der Waals surface area contributed by atoms with Gasteiger partial charge in [-0.15, -0.1) is 0 Å². The van der Waals surface area contributed by atoms with Crippen LogP contribution in [0.3, 0.4) is 0 Å². The van der Waals surface area contributed by atoms with Gasteiger partial charge < -0.3 is 10.1 Å². The zero-order valence-electron chi connectivity index (χ0n) is 10.4. The average molecular weight is 271 g/mol. The maximum Gasteiger partial charge on any atom is 0.123 e. The highest BCUT2D eigenvalue weighted by atomic mass is 32.2. The van der Waals surface area contributed by atoms with Crippen LogP contribution in [0.15, 0.2) is 29.2 Å². The zero-order chi connectivity index (χ0) is 13.0. The van der Waals surface area contributed by atoms with Crippen molar-refractivity contribution in [1.29, 1.82) is 0 Å². The minimum atomic E-state index is -1.16. The molecule has 0 bridgehead atoms. The Balaban J connectivity index is 2.12. The van der Waals surface area contributed by atoms with Crippen LogP contribution in [0.25, 0.3) is 0 Å². The fraction of sp³-hybridized carbons (Fsp3) is 0.538. The van der Waals surface area contributed by atoms with Gasteiger partial charge in [-0.3, -0.25) is 4.21 Å². The van der Waals surface area contributed by atoms with E-state index in [0.717, 1.165) is 13.0 Å². The SMILES string of the molecule is CCNC1CCOCC1S(=O)c1ccc(F)cc1. The van der Waals surface area contributed by atoms with E-state index in [4.69, 9.17) is 4.74 Å². The van der Waals surface area contributed by atoms with Gasteiger partial charge in [-0.05, 0) is 37.2 Å². The first-order valence-corrected chi connectivity index (χ1v) is 7.41. The molecule has 3 atom stereocenters. The first-order chi connectivity index (χ1) is 8.72. The highest BCUT2D eigenvalue weighted by molar-refractivity contribution is 7.85. The number of nitrogens with one attached hydrogen (secondary N) is 1. The Bertz CT molecular complexity index is 408. The number of benzene rings is 1. The Morgan fingerprint density at radius 2 is 2.17 bits per heavy atom. The van der Waals surface area contributed by atoms with Crippen LogP contribution in [-0.4, -0.2) is 35.3 Å². The lowest BCUT2D eigenvalue weighted by molar-refractivity contribution is 0.0824. The number of hydrogen-bond donors (Lipinski definition) is 1. The Labute approximate surface area is 109 Å². The van der Waals surface area contributed by atoms with Gasteiger partial charge in [0.05, 0.1) is 22.7 Å². The third-order valence-electron chi connectivity index (χ3n) is 3.09. The van der Waals surface area contributed by atoms with Crippen molar-refractivity contribution in [3.05, 3.63) is 30.1 Å². The molecule has 1 N–H and O–H groups in total. The van der Waals surface area contributed by atoms with Gasteiger partial charge >= 0.3 is 0 Å². The van der Waals surface area contributed by atoms with Crippen LogP contribution in [0.4, 0.5) is 4.39 Å². The van der Waals surface area contributed by atoms with Crippen molar-refractivity contribution in [2.45, 2.75) is 29.5 Å². The normalized spacial score (nSPS) is 25.9. The molecule has 0 aromatic heterocycles. The van der Waals surface area contributed by atoms with Crippen LogP contribution >= 0.6 is 0 Å². The number of rotatable bonds is 4. The van der Waals surface area contributed by atoms with Gasteiger partial charge in [0.15, 0.2) is 0 Å². The highest BCUT2D eigenvalue weighted by Gasteiger charge is 2.30. The van der Waals surface area contributed by atoms with E-state index in [9.17, 15) is 8.60 Å². The van der Waals surface area contributed by atoms with Crippen molar-refractivity contribution in [2.24, 2.45) is 0 Å². The molecule has 100 valence electrons. The second kappa shape index (κ2) is 6.41. The summed E-state index contributed by atoms with van der Waals surface area (Å²) in [6.45, 7) is 4.07. The third kappa shape index (κ3) is 3.16. The smallest absolute Gasteiger partial charge is 0.123 e. The van der Waals surface area contributed by atoms with Crippen LogP contribution < -0.4 is 5.32 Å². The summed E-state index contributed by atoms with van der Waals surface area (Å²) in [5.41, 5.74) is 0. The quantitative estimate of drug-likeness (QED) is 0.906. The monoisotopic (exact) mass is 271 g/mol. The molecule has 0 saturated carbocycles. The molecule has 2 rings (SSSR count). The molecular weight excluding hydrogens is 253 g/mol. The van der Waals surface area contributed by atoms with Gasteiger partial charge in [-0.1, -0.05) is 6.92 Å². The van der Waals surface area contributed by atoms with E-state index < -0.39 is 10.8 Å². The first kappa shape index (κ1) is 13.6. The predicted octanol–water partition coefficient (Wildman–Crippen LogP) is 1.70. The maximum atomic E-state index is 12.9. The number of hydrogen-bond acceptors (Lipinski definition) is 3. The number of halogens is 1. The van der Waals surface area contributed by atoms with Gasteiger partial charge in [-0.25, -0.2) is 4.39 Å². The average Bonchev–Trinajstić information content (AvgIpc) is 2.40. The Morgan fingerprint density at radius 3 is 2.83 bits per heavy atom. The minimum absolute atomic E-state index is 0.0656. The van der Waals surface area contributed by atoms with Crippen molar-refractivity contribution in [2.75, 3.05) is 19.8 Å². The molecule has 1 aliphatic heterocycles. The molecule has 0 spiro atoms. The van der Waals surface area contributed by atoms with Gasteiger partial charge in [0, 0.05) is 17.5 Å². The molecule has 0 aliphatic carbocycles. The van der Waals surface area contributed by atoms with Crippen molar-refractivity contribution < 1.29 is 13.3 Å². The molecule has 3 nitrogen and oxygen atoms in total. The fourth-order valence-corrected chi connectivity index (χ4v) is 3.67. The predicted molar refractivity (Wildman–Crippen MR) is 69.5 cm³/mol. The van der Waals surface area contributed by atoms with E-state index in [0.29, 0.717) is 18.1 Å². The second-order valence-corrected chi connectivity index (χ2v) is 5.99. The summed E-state index contributed by atoms with van der Waals surface area (Å²) in [5.74, 6) is -0.307. The van der Waals surface area contributed by atoms with Crippen LogP contribution in [0.2, 0.25) is 0 Å². The van der Waals surface area contributed by atoms with E-state index in [1.807, 2.05) is 6.92 Å². The van der Waals surface area contributed by atoms with E-state index >= 15 is 0 Å². The lowest BCUT2D eigenvalue weighted by atomic mass is 10.1. The lowest BCUT2D eigenvalue weighted by Gasteiger charge is -2.31. The summed E-state index contributed by atoms with van der Waals surface area (Å²) in [6, 6.07) is 6.07. The number of ether oxygens (including phenoxy) is 1. The van der Waals surface area contributed by atoms with E-state index in [-0.39, 0.29) is 17.1 Å². The molecule has 0 radical (unpaired) electrons. The zero-order valence-corrected chi connectivity index (χ0v) is 11.2. The molecule has 0 amide bonds. The maximum absolute atomic E-state index is 12.9. The molecule has 1 fully saturated rings. The largest absolute Gasteiger partial charge is 0.380 e. The minimum Gasteiger partial charge on any atom is -0.380 e. The molecule has 18 heavy (non-hydrogen) atoms. The Morgan fingerprint density at radius 1 is 1.44 bits per heavy atom. The molecular formula is C13H18FNO2S. The highest BCUT2D eigenvalue weighted by Crippen LogP contribution is 2.20. The van der Waals surface area contributed by atoms with E-state index in [1.54, 1.807) is 12.1 Å². The molecule has 1 aromatic carbocycles. The first-order valence-electron chi connectivity index (χ1n) is 6.19. The summed E-state index contributed by atoms with van der Waals surface area (Å²) in [6.07, 6.45) is 0.867. The summed E-state index contributed by atoms with van der Waals surface area (Å²) >= 11 is 0. The van der Waals surface area contributed by atoms with Crippen molar-refractivity contribution >= 4 is 10.8 Å². The fourth-order valence-electron chi connectivity index (χ4n) is 2.16. The van der Waals surface area contributed by atoms with Crippen molar-refractivity contribution in [3.8, 4) is 0 Å². The van der Waals surface area contributed by atoms with Gasteiger partial charge in [-0.2, -0.15) is 0 Å². The molecule has 1 aliphatic rings.